The van der Waals surface area contributed by atoms with E-state index in [2.05, 4.69) is 9.97 Å². The fraction of sp³-hybridized carbons (Fsp3) is 0.300. The van der Waals surface area contributed by atoms with Crippen molar-refractivity contribution >= 4 is 35.1 Å². The molecule has 42 heavy (non-hydrogen) atoms. The maximum absolute atomic E-state index is 14.1. The second-order valence-corrected chi connectivity index (χ2v) is 11.2. The highest BCUT2D eigenvalue weighted by Gasteiger charge is 2.36. The van der Waals surface area contributed by atoms with E-state index in [0.717, 1.165) is 12.1 Å². The number of fused-ring (bicyclic) bond motifs is 1. The monoisotopic (exact) mass is 606 g/mol. The Morgan fingerprint density at radius 2 is 2.00 bits per heavy atom. The highest BCUT2D eigenvalue weighted by atomic mass is 32.2. The van der Waals surface area contributed by atoms with Crippen molar-refractivity contribution < 1.29 is 23.4 Å². The van der Waals surface area contributed by atoms with Crippen molar-refractivity contribution in [2.45, 2.75) is 49.9 Å². The number of benzene rings is 1. The number of esters is 1. The highest BCUT2D eigenvalue weighted by Crippen LogP contribution is 2.38. The molecule has 0 spiro atoms. The van der Waals surface area contributed by atoms with Crippen LogP contribution in [0.25, 0.3) is 6.08 Å². The van der Waals surface area contributed by atoms with Crippen molar-refractivity contribution in [2.75, 3.05) is 20.8 Å². The summed E-state index contributed by atoms with van der Waals surface area (Å²) in [7, 11) is 3.10. The Hall–Kier alpha value is -4.16. The molecule has 1 aliphatic heterocycles. The van der Waals surface area contributed by atoms with Gasteiger partial charge in [0.15, 0.2) is 15.1 Å². The molecule has 0 N–H and O–H groups in total. The first-order chi connectivity index (χ1) is 20.4. The topological polar surface area (TPSA) is 118 Å². The van der Waals surface area contributed by atoms with Crippen LogP contribution in [-0.4, -0.2) is 41.3 Å². The number of methoxy groups -OCH3 is 2. The van der Waals surface area contributed by atoms with Gasteiger partial charge in [-0.2, -0.15) is 0 Å². The molecule has 0 aliphatic carbocycles. The van der Waals surface area contributed by atoms with E-state index in [1.54, 1.807) is 63.7 Å². The zero-order valence-electron chi connectivity index (χ0n) is 23.9. The number of carbonyl (C=O) groups excluding carboxylic acids is 1. The van der Waals surface area contributed by atoms with Gasteiger partial charge in [0.05, 0.1) is 36.6 Å². The summed E-state index contributed by atoms with van der Waals surface area (Å²) < 4.78 is 24.6. The number of allylic oxidation sites excluding steroid dienone is 1. The average Bonchev–Trinajstić information content (AvgIpc) is 3.55. The minimum Gasteiger partial charge on any atom is -0.497 e. The third-order valence-electron chi connectivity index (χ3n) is 6.46. The molecule has 0 amide bonds. The van der Waals surface area contributed by atoms with E-state index < -0.39 is 12.0 Å². The van der Waals surface area contributed by atoms with E-state index in [1.807, 2.05) is 19.9 Å². The number of hydrogen-bond acceptors (Lipinski definition) is 11. The van der Waals surface area contributed by atoms with E-state index in [9.17, 15) is 9.59 Å². The van der Waals surface area contributed by atoms with Crippen LogP contribution in [0.2, 0.25) is 0 Å². The lowest BCUT2D eigenvalue weighted by Gasteiger charge is -2.27. The molecule has 0 bridgehead atoms. The van der Waals surface area contributed by atoms with Crippen LogP contribution < -0.4 is 24.4 Å². The van der Waals surface area contributed by atoms with Gasteiger partial charge in [-0.1, -0.05) is 24.7 Å². The molecule has 4 aromatic rings. The molecule has 0 fully saturated rings. The van der Waals surface area contributed by atoms with E-state index in [4.69, 9.17) is 23.6 Å². The number of rotatable bonds is 10. The van der Waals surface area contributed by atoms with Crippen molar-refractivity contribution in [2.24, 2.45) is 4.99 Å². The van der Waals surface area contributed by atoms with Crippen LogP contribution in [-0.2, 0) is 9.53 Å². The number of furan rings is 1. The van der Waals surface area contributed by atoms with Gasteiger partial charge in [0.2, 0.25) is 0 Å². The largest absolute Gasteiger partial charge is 0.497 e. The van der Waals surface area contributed by atoms with Crippen LogP contribution in [0.3, 0.4) is 0 Å². The van der Waals surface area contributed by atoms with Crippen molar-refractivity contribution in [3.8, 4) is 11.5 Å². The summed E-state index contributed by atoms with van der Waals surface area (Å²) in [4.78, 5) is 41.4. The second kappa shape index (κ2) is 12.8. The van der Waals surface area contributed by atoms with Gasteiger partial charge >= 0.3 is 5.97 Å². The second-order valence-electron chi connectivity index (χ2n) is 9.26. The molecule has 3 aromatic heterocycles. The Morgan fingerprint density at radius 3 is 2.71 bits per heavy atom. The lowest BCUT2D eigenvalue weighted by atomic mass is 9.93. The number of aromatic nitrogens is 3. The van der Waals surface area contributed by atoms with E-state index in [1.165, 1.54) is 27.7 Å². The predicted octanol–water partition coefficient (Wildman–Crippen LogP) is 4.44. The van der Waals surface area contributed by atoms with Crippen LogP contribution in [0.5, 0.6) is 11.5 Å². The van der Waals surface area contributed by atoms with Crippen molar-refractivity contribution in [3.05, 3.63) is 90.6 Å². The van der Waals surface area contributed by atoms with Crippen LogP contribution in [0.15, 0.2) is 78.3 Å². The summed E-state index contributed by atoms with van der Waals surface area (Å²) in [5.41, 5.74) is 2.00. The molecule has 1 aliphatic rings. The van der Waals surface area contributed by atoms with Crippen LogP contribution in [0.1, 0.15) is 49.7 Å². The SMILES string of the molecule is CCCC1=C(C(=O)OCC)[C@@H](c2cc(OC)ccc2OC)n2c(s/c(=C\c3ccc(Sc4nccc(C)n4)o3)c2=O)=N1. The molecule has 0 unspecified atom stereocenters. The van der Waals surface area contributed by atoms with Crippen molar-refractivity contribution in [1.82, 2.24) is 14.5 Å². The molecule has 218 valence electrons. The Balaban J connectivity index is 1.67. The standard InChI is InChI=1S/C30H30N4O6S2/c1-6-8-21-25(28(36)39-7-2)26(20-15-18(37-4)9-11-22(20)38-5)34-27(35)23(41-30(34)33-21)16-19-10-12-24(40-19)42-29-31-14-13-17(3)32-29/h9-16,26H,6-8H2,1-5H3/b23-16-/t26-/m1/s1. The van der Waals surface area contributed by atoms with Crippen LogP contribution >= 0.6 is 23.1 Å². The molecule has 0 radical (unpaired) electrons. The lowest BCUT2D eigenvalue weighted by molar-refractivity contribution is -0.139. The predicted molar refractivity (Wildman–Crippen MR) is 159 cm³/mol. The fourth-order valence-corrected chi connectivity index (χ4v) is 6.39. The van der Waals surface area contributed by atoms with E-state index in [0.29, 0.717) is 60.1 Å². The number of aryl methyl sites for hydroxylation is 1. The smallest absolute Gasteiger partial charge is 0.338 e. The number of nitrogens with zero attached hydrogens (tertiary/aromatic N) is 4. The Morgan fingerprint density at radius 1 is 1.17 bits per heavy atom. The Labute approximate surface area is 250 Å². The third kappa shape index (κ3) is 5.90. The molecule has 5 rings (SSSR count). The van der Waals surface area contributed by atoms with E-state index >= 15 is 0 Å². The first-order valence-electron chi connectivity index (χ1n) is 13.4. The maximum Gasteiger partial charge on any atom is 0.338 e. The minimum atomic E-state index is -0.838. The third-order valence-corrected chi connectivity index (χ3v) is 8.25. The first-order valence-corrected chi connectivity index (χ1v) is 15.0. The van der Waals surface area contributed by atoms with Gasteiger partial charge in [-0.25, -0.2) is 19.8 Å². The van der Waals surface area contributed by atoms with Crippen molar-refractivity contribution in [3.63, 3.8) is 0 Å². The van der Waals surface area contributed by atoms with Crippen molar-refractivity contribution in [1.29, 1.82) is 0 Å². The highest BCUT2D eigenvalue weighted by molar-refractivity contribution is 7.99. The van der Waals surface area contributed by atoms with Gasteiger partial charge in [0, 0.05) is 23.5 Å². The maximum atomic E-state index is 14.1. The minimum absolute atomic E-state index is 0.181. The quantitative estimate of drug-likeness (QED) is 0.191. The summed E-state index contributed by atoms with van der Waals surface area (Å²) in [6.07, 6.45) is 4.65. The molecular formula is C30H30N4O6S2. The van der Waals surface area contributed by atoms with Gasteiger partial charge < -0.3 is 18.6 Å². The summed E-state index contributed by atoms with van der Waals surface area (Å²) >= 11 is 2.52. The summed E-state index contributed by atoms with van der Waals surface area (Å²) in [6.45, 7) is 5.83. The molecule has 0 saturated heterocycles. The molecule has 1 atom stereocenters. The summed E-state index contributed by atoms with van der Waals surface area (Å²) in [6, 6.07) is 9.87. The number of carbonyl (C=O) groups is 1. The number of ether oxygens (including phenoxy) is 3. The van der Waals surface area contributed by atoms with E-state index in [-0.39, 0.29) is 12.2 Å². The molecule has 12 heteroatoms. The normalized spacial score (nSPS) is 14.9. The Bertz CT molecular complexity index is 1840. The molecule has 1 aromatic carbocycles. The molecular weight excluding hydrogens is 576 g/mol. The van der Waals surface area contributed by atoms with Crippen LogP contribution in [0, 0.1) is 6.92 Å². The van der Waals surface area contributed by atoms with Gasteiger partial charge in [-0.05, 0) is 68.4 Å². The molecule has 0 saturated carbocycles. The van der Waals surface area contributed by atoms with Gasteiger partial charge in [-0.3, -0.25) is 9.36 Å². The van der Waals surface area contributed by atoms with Gasteiger partial charge in [0.25, 0.3) is 5.56 Å². The Kier molecular flexibility index (Phi) is 8.93. The lowest BCUT2D eigenvalue weighted by Crippen LogP contribution is -2.40. The number of thiazole rings is 1. The van der Waals surface area contributed by atoms with Gasteiger partial charge in [0.1, 0.15) is 23.3 Å². The fourth-order valence-electron chi connectivity index (χ4n) is 4.63. The summed E-state index contributed by atoms with van der Waals surface area (Å²) in [5.74, 6) is 1.02. The molecule has 10 nitrogen and oxygen atoms in total. The number of hydrogen-bond donors (Lipinski definition) is 0. The first kappa shape index (κ1) is 29.3. The zero-order valence-corrected chi connectivity index (χ0v) is 25.5. The average molecular weight is 607 g/mol. The van der Waals surface area contributed by atoms with Crippen LogP contribution in [0.4, 0.5) is 0 Å². The zero-order chi connectivity index (χ0) is 29.8. The summed E-state index contributed by atoms with van der Waals surface area (Å²) in [5, 5.41) is 1.16. The molecule has 4 heterocycles. The van der Waals surface area contributed by atoms with Gasteiger partial charge in [-0.15, -0.1) is 0 Å².